The number of aromatic nitrogens is 4. The van der Waals surface area contributed by atoms with E-state index in [1.54, 1.807) is 0 Å². The Kier molecular flexibility index (Phi) is 8.45. The van der Waals surface area contributed by atoms with Crippen molar-refractivity contribution in [3.05, 3.63) is 218 Å². The largest absolute Gasteiger partial charge is 0.231 e. The summed E-state index contributed by atoms with van der Waals surface area (Å²) < 4.78 is 2.19. The van der Waals surface area contributed by atoms with Crippen molar-refractivity contribution in [2.75, 3.05) is 0 Å². The zero-order valence-corrected chi connectivity index (χ0v) is 32.1. The molecule has 276 valence electrons. The van der Waals surface area contributed by atoms with Gasteiger partial charge in [0, 0.05) is 44.2 Å². The van der Waals surface area contributed by atoms with Gasteiger partial charge in [-0.1, -0.05) is 212 Å². The molecular formula is C55H36N4. The maximum absolute atomic E-state index is 5.52. The van der Waals surface area contributed by atoms with E-state index in [9.17, 15) is 0 Å². The molecule has 11 rings (SSSR count). The molecule has 0 fully saturated rings. The molecule has 0 saturated carbocycles. The Morgan fingerprint density at radius 3 is 1.39 bits per heavy atom. The van der Waals surface area contributed by atoms with E-state index in [1.807, 2.05) is 12.1 Å². The Morgan fingerprint density at radius 1 is 0.288 bits per heavy atom. The topological polar surface area (TPSA) is 43.1 Å². The fraction of sp³-hybridized carbons (Fsp3) is 0. The standard InChI is InChI=1S/C55H36N4/c1-5-17-37(18-6-1)38-29-33-42(34-30-38)51-47-27-15-16-28-48(47)56-55(57-51)44-35-31-40(32-36-44)49-45-25-13-14-26-46(45)54-50(39-19-7-2-8-20-39)52(41-21-9-3-10-22-41)58-59(54)53(49)43-23-11-4-12-24-43/h1-36H. The van der Waals surface area contributed by atoms with Crippen molar-refractivity contribution in [3.63, 3.8) is 0 Å². The van der Waals surface area contributed by atoms with Gasteiger partial charge in [0.25, 0.3) is 0 Å². The van der Waals surface area contributed by atoms with Gasteiger partial charge in [0.15, 0.2) is 5.82 Å². The van der Waals surface area contributed by atoms with Crippen LogP contribution in [0.3, 0.4) is 0 Å². The minimum atomic E-state index is 0.688. The summed E-state index contributed by atoms with van der Waals surface area (Å²) in [7, 11) is 0. The quantitative estimate of drug-likeness (QED) is 0.163. The second-order valence-electron chi connectivity index (χ2n) is 14.8. The predicted molar refractivity (Wildman–Crippen MR) is 244 cm³/mol. The number of hydrogen-bond acceptors (Lipinski definition) is 3. The first-order chi connectivity index (χ1) is 29.3. The molecule has 3 heterocycles. The van der Waals surface area contributed by atoms with Crippen molar-refractivity contribution in [2.24, 2.45) is 0 Å². The predicted octanol–water partition coefficient (Wildman–Crippen LogP) is 14.1. The highest BCUT2D eigenvalue weighted by atomic mass is 15.2. The molecule has 8 aromatic carbocycles. The summed E-state index contributed by atoms with van der Waals surface area (Å²) in [6.07, 6.45) is 0. The normalized spacial score (nSPS) is 11.4. The molecule has 3 aromatic heterocycles. The molecule has 0 amide bonds. The summed E-state index contributed by atoms with van der Waals surface area (Å²) in [5.74, 6) is 0.688. The molecule has 0 atom stereocenters. The third-order valence-electron chi connectivity index (χ3n) is 11.2. The van der Waals surface area contributed by atoms with Crippen molar-refractivity contribution in [2.45, 2.75) is 0 Å². The van der Waals surface area contributed by atoms with Gasteiger partial charge >= 0.3 is 0 Å². The highest BCUT2D eigenvalue weighted by Crippen LogP contribution is 2.46. The Bertz CT molecular complexity index is 3270. The summed E-state index contributed by atoms with van der Waals surface area (Å²) in [6.45, 7) is 0. The van der Waals surface area contributed by atoms with Gasteiger partial charge in [-0.15, -0.1) is 0 Å². The van der Waals surface area contributed by atoms with Crippen LogP contribution in [0.2, 0.25) is 0 Å². The van der Waals surface area contributed by atoms with Gasteiger partial charge in [0.1, 0.15) is 5.69 Å². The Labute approximate surface area is 342 Å². The SMILES string of the molecule is c1ccc(-c2ccc(-c3nc(-c4ccc(-c5c(-c6ccccc6)n6nc(-c7ccccc7)c(-c7ccccc7)c6c6ccccc56)cc4)nc4ccccc34)cc2)cc1. The number of pyridine rings is 1. The van der Waals surface area contributed by atoms with Crippen LogP contribution in [0.25, 0.3) is 106 Å². The number of rotatable bonds is 7. The first kappa shape index (κ1) is 34.3. The molecule has 4 heteroatoms. The van der Waals surface area contributed by atoms with Gasteiger partial charge in [-0.25, -0.2) is 14.5 Å². The number of nitrogens with zero attached hydrogens (tertiary/aromatic N) is 4. The van der Waals surface area contributed by atoms with Crippen molar-refractivity contribution in [3.8, 4) is 78.5 Å². The molecule has 11 aromatic rings. The summed E-state index contributed by atoms with van der Waals surface area (Å²) in [4.78, 5) is 10.3. The van der Waals surface area contributed by atoms with Gasteiger partial charge < -0.3 is 0 Å². The highest BCUT2D eigenvalue weighted by molar-refractivity contribution is 6.15. The van der Waals surface area contributed by atoms with E-state index in [2.05, 4.69) is 211 Å². The van der Waals surface area contributed by atoms with E-state index in [-0.39, 0.29) is 0 Å². The first-order valence-corrected chi connectivity index (χ1v) is 20.0. The Morgan fingerprint density at radius 2 is 0.729 bits per heavy atom. The summed E-state index contributed by atoms with van der Waals surface area (Å²) in [5, 5.41) is 8.85. The van der Waals surface area contributed by atoms with Crippen LogP contribution in [-0.4, -0.2) is 19.6 Å². The van der Waals surface area contributed by atoms with Crippen molar-refractivity contribution >= 4 is 27.2 Å². The Balaban J connectivity index is 1.10. The van der Waals surface area contributed by atoms with Crippen molar-refractivity contribution in [1.29, 1.82) is 0 Å². The van der Waals surface area contributed by atoms with Crippen LogP contribution in [-0.2, 0) is 0 Å². The lowest BCUT2D eigenvalue weighted by atomic mass is 9.91. The molecular weight excluding hydrogens is 717 g/mol. The van der Waals surface area contributed by atoms with Crippen LogP contribution >= 0.6 is 0 Å². The molecule has 0 aliphatic carbocycles. The van der Waals surface area contributed by atoms with E-state index in [4.69, 9.17) is 15.1 Å². The van der Waals surface area contributed by atoms with Crippen molar-refractivity contribution in [1.82, 2.24) is 19.6 Å². The lowest BCUT2D eigenvalue weighted by Gasteiger charge is -2.18. The van der Waals surface area contributed by atoms with Gasteiger partial charge in [-0.2, -0.15) is 5.10 Å². The van der Waals surface area contributed by atoms with Crippen LogP contribution in [0.1, 0.15) is 0 Å². The lowest BCUT2D eigenvalue weighted by molar-refractivity contribution is 0.981. The van der Waals surface area contributed by atoms with Crippen LogP contribution in [0.4, 0.5) is 0 Å². The van der Waals surface area contributed by atoms with Gasteiger partial charge in [-0.05, 0) is 33.7 Å². The maximum atomic E-state index is 5.52. The minimum Gasteiger partial charge on any atom is -0.231 e. The summed E-state index contributed by atoms with van der Waals surface area (Å²) >= 11 is 0. The van der Waals surface area contributed by atoms with E-state index in [0.717, 1.165) is 88.8 Å². The molecule has 0 radical (unpaired) electrons. The van der Waals surface area contributed by atoms with E-state index >= 15 is 0 Å². The zero-order valence-electron chi connectivity index (χ0n) is 32.1. The molecule has 4 nitrogen and oxygen atoms in total. The fourth-order valence-corrected chi connectivity index (χ4v) is 8.46. The van der Waals surface area contributed by atoms with E-state index in [0.29, 0.717) is 5.82 Å². The van der Waals surface area contributed by atoms with Crippen LogP contribution in [0.15, 0.2) is 218 Å². The van der Waals surface area contributed by atoms with Crippen LogP contribution in [0.5, 0.6) is 0 Å². The molecule has 0 unspecified atom stereocenters. The van der Waals surface area contributed by atoms with Crippen LogP contribution < -0.4 is 0 Å². The molecule has 0 N–H and O–H groups in total. The number of benzene rings is 8. The molecule has 0 aliphatic heterocycles. The average Bonchev–Trinajstić information content (AvgIpc) is 3.73. The summed E-state index contributed by atoms with van der Waals surface area (Å²) in [6, 6.07) is 76.7. The molecule has 0 spiro atoms. The average molecular weight is 753 g/mol. The molecule has 0 saturated heterocycles. The van der Waals surface area contributed by atoms with E-state index in [1.165, 1.54) is 11.1 Å². The zero-order chi connectivity index (χ0) is 39.1. The number of fused-ring (bicyclic) bond motifs is 4. The highest BCUT2D eigenvalue weighted by Gasteiger charge is 2.25. The lowest BCUT2D eigenvalue weighted by Crippen LogP contribution is -2.00. The number of para-hydroxylation sites is 1. The van der Waals surface area contributed by atoms with Gasteiger partial charge in [-0.3, -0.25) is 0 Å². The molecule has 59 heavy (non-hydrogen) atoms. The maximum Gasteiger partial charge on any atom is 0.160 e. The second kappa shape index (κ2) is 14.5. The molecule has 0 bridgehead atoms. The minimum absolute atomic E-state index is 0.688. The van der Waals surface area contributed by atoms with Crippen LogP contribution in [0, 0.1) is 0 Å². The smallest absolute Gasteiger partial charge is 0.160 e. The van der Waals surface area contributed by atoms with Gasteiger partial charge in [0.05, 0.1) is 22.4 Å². The monoisotopic (exact) mass is 752 g/mol. The third-order valence-corrected chi connectivity index (χ3v) is 11.2. The van der Waals surface area contributed by atoms with Crippen molar-refractivity contribution < 1.29 is 0 Å². The number of hydrogen-bond donors (Lipinski definition) is 0. The van der Waals surface area contributed by atoms with E-state index < -0.39 is 0 Å². The Hall–Kier alpha value is -7.95. The summed E-state index contributed by atoms with van der Waals surface area (Å²) in [5.41, 5.74) is 15.9. The third kappa shape index (κ3) is 6.06. The van der Waals surface area contributed by atoms with Gasteiger partial charge in [0.2, 0.25) is 0 Å². The molecule has 0 aliphatic rings. The first-order valence-electron chi connectivity index (χ1n) is 20.0. The second-order valence-corrected chi connectivity index (χ2v) is 14.8. The fourth-order valence-electron chi connectivity index (χ4n) is 8.46.